The molecular formula is C29H32ClN3O. The molecule has 1 aromatic heterocycles. The van der Waals surface area contributed by atoms with Crippen LogP contribution in [0.1, 0.15) is 55.2 Å². The first-order valence-electron chi connectivity index (χ1n) is 12.2. The lowest BCUT2D eigenvalue weighted by atomic mass is 9.94. The molecule has 0 saturated heterocycles. The Labute approximate surface area is 207 Å². The number of nitrogens with one attached hydrogen (secondary N) is 1. The van der Waals surface area contributed by atoms with Crippen LogP contribution in [0, 0.1) is 0 Å². The summed E-state index contributed by atoms with van der Waals surface area (Å²) in [6.07, 6.45) is 10.5. The average molecular weight is 474 g/mol. The van der Waals surface area contributed by atoms with E-state index in [1.165, 1.54) is 11.1 Å². The lowest BCUT2D eigenvalue weighted by Gasteiger charge is -2.23. The van der Waals surface area contributed by atoms with E-state index in [-0.39, 0.29) is 5.54 Å². The van der Waals surface area contributed by atoms with Gasteiger partial charge in [0.05, 0.1) is 6.10 Å². The van der Waals surface area contributed by atoms with Crippen molar-refractivity contribution in [1.29, 1.82) is 0 Å². The zero-order valence-electron chi connectivity index (χ0n) is 19.5. The Balaban J connectivity index is 1.38. The van der Waals surface area contributed by atoms with Gasteiger partial charge < -0.3 is 15.8 Å². The molecule has 2 saturated carbocycles. The SMILES string of the molecule is C=C(CCCN)c1ccc(Cl)c(CNC2(c3cnccc3-c3ccccc3OC3CC3)CC2)c1. The third-order valence-electron chi connectivity index (χ3n) is 6.84. The van der Waals surface area contributed by atoms with E-state index >= 15 is 0 Å². The van der Waals surface area contributed by atoms with E-state index in [2.05, 4.69) is 47.2 Å². The number of aromatic nitrogens is 1. The summed E-state index contributed by atoms with van der Waals surface area (Å²) >= 11 is 6.58. The van der Waals surface area contributed by atoms with Gasteiger partial charge in [0.1, 0.15) is 5.75 Å². The fraction of sp³-hybridized carbons (Fsp3) is 0.345. The van der Waals surface area contributed by atoms with Crippen LogP contribution in [0.25, 0.3) is 16.7 Å². The van der Waals surface area contributed by atoms with Gasteiger partial charge in [0.2, 0.25) is 0 Å². The third kappa shape index (κ3) is 5.05. The Bertz CT molecular complexity index is 1180. The summed E-state index contributed by atoms with van der Waals surface area (Å²) in [6.45, 7) is 5.60. The molecule has 34 heavy (non-hydrogen) atoms. The standard InChI is InChI=1S/C29H32ClN3O/c1-20(5-4-15-31)21-8-11-27(30)22(17-21)18-33-29(13-14-29)26-19-32-16-12-24(26)25-6-2-3-7-28(25)34-23-9-10-23/h2-3,6-8,11-12,16-17,19,23,33H,1,4-5,9-10,13-15,18,31H2. The molecule has 5 heteroatoms. The maximum absolute atomic E-state index is 6.58. The molecule has 3 N–H and O–H groups in total. The number of nitrogens with two attached hydrogens (primary N) is 1. The average Bonchev–Trinajstić information content (AvgIpc) is 3.79. The van der Waals surface area contributed by atoms with Gasteiger partial charge in [0.15, 0.2) is 0 Å². The normalized spacial score (nSPS) is 16.3. The first-order valence-corrected chi connectivity index (χ1v) is 12.6. The predicted octanol–water partition coefficient (Wildman–Crippen LogP) is 6.47. The summed E-state index contributed by atoms with van der Waals surface area (Å²) in [5, 5.41) is 4.59. The zero-order chi connectivity index (χ0) is 23.5. The fourth-order valence-corrected chi connectivity index (χ4v) is 4.67. The third-order valence-corrected chi connectivity index (χ3v) is 7.20. The second-order valence-corrected chi connectivity index (χ2v) is 9.88. The second-order valence-electron chi connectivity index (χ2n) is 9.47. The van der Waals surface area contributed by atoms with Crippen molar-refractivity contribution in [3.8, 4) is 16.9 Å². The molecule has 5 rings (SSSR count). The van der Waals surface area contributed by atoms with Crippen LogP contribution in [-0.4, -0.2) is 17.6 Å². The quantitative estimate of drug-likeness (QED) is 0.335. The summed E-state index contributed by atoms with van der Waals surface area (Å²) in [5.41, 5.74) is 12.4. The molecule has 0 bridgehead atoms. The number of benzene rings is 2. The Morgan fingerprint density at radius 2 is 1.97 bits per heavy atom. The highest BCUT2D eigenvalue weighted by Crippen LogP contribution is 2.50. The lowest BCUT2D eigenvalue weighted by molar-refractivity contribution is 0.304. The summed E-state index contributed by atoms with van der Waals surface area (Å²) in [7, 11) is 0. The van der Waals surface area contributed by atoms with Gasteiger partial charge in [0, 0.05) is 35.1 Å². The zero-order valence-corrected chi connectivity index (χ0v) is 20.3. The monoisotopic (exact) mass is 473 g/mol. The van der Waals surface area contributed by atoms with Gasteiger partial charge in [-0.3, -0.25) is 4.98 Å². The molecule has 0 aliphatic heterocycles. The van der Waals surface area contributed by atoms with Crippen LogP contribution in [0.2, 0.25) is 5.02 Å². The molecule has 0 unspecified atom stereocenters. The molecule has 2 aliphatic rings. The van der Waals surface area contributed by atoms with Crippen molar-refractivity contribution in [3.05, 3.63) is 89.2 Å². The molecule has 0 spiro atoms. The van der Waals surface area contributed by atoms with E-state index in [1.807, 2.05) is 30.6 Å². The maximum Gasteiger partial charge on any atom is 0.127 e. The molecule has 2 aliphatic carbocycles. The highest BCUT2D eigenvalue weighted by atomic mass is 35.5. The minimum absolute atomic E-state index is 0.105. The van der Waals surface area contributed by atoms with Crippen LogP contribution in [-0.2, 0) is 12.1 Å². The molecule has 176 valence electrons. The molecule has 0 radical (unpaired) electrons. The molecule has 1 heterocycles. The Hall–Kier alpha value is -2.66. The highest BCUT2D eigenvalue weighted by molar-refractivity contribution is 6.31. The molecular weight excluding hydrogens is 442 g/mol. The fourth-order valence-electron chi connectivity index (χ4n) is 4.49. The second kappa shape index (κ2) is 9.91. The number of allylic oxidation sites excluding steroid dienone is 1. The Kier molecular flexibility index (Phi) is 6.73. The number of pyridine rings is 1. The van der Waals surface area contributed by atoms with Crippen LogP contribution >= 0.6 is 11.6 Å². The van der Waals surface area contributed by atoms with E-state index in [0.717, 1.165) is 71.6 Å². The van der Waals surface area contributed by atoms with Gasteiger partial charge in [-0.2, -0.15) is 0 Å². The van der Waals surface area contributed by atoms with Crippen molar-refractivity contribution in [2.75, 3.05) is 6.54 Å². The molecule has 3 aromatic rings. The van der Waals surface area contributed by atoms with Crippen LogP contribution < -0.4 is 15.8 Å². The maximum atomic E-state index is 6.58. The van der Waals surface area contributed by atoms with E-state index in [9.17, 15) is 0 Å². The number of nitrogens with zero attached hydrogens (tertiary/aromatic N) is 1. The van der Waals surface area contributed by atoms with Crippen molar-refractivity contribution in [2.45, 2.75) is 56.7 Å². The number of ether oxygens (including phenoxy) is 1. The van der Waals surface area contributed by atoms with E-state index in [4.69, 9.17) is 22.1 Å². The molecule has 2 aromatic carbocycles. The van der Waals surface area contributed by atoms with Gasteiger partial charge in [-0.1, -0.05) is 42.4 Å². The first kappa shape index (κ1) is 23.1. The topological polar surface area (TPSA) is 60.2 Å². The van der Waals surface area contributed by atoms with Gasteiger partial charge in [-0.05, 0) is 97.2 Å². The first-order chi connectivity index (χ1) is 16.6. The van der Waals surface area contributed by atoms with Crippen molar-refractivity contribution in [3.63, 3.8) is 0 Å². The van der Waals surface area contributed by atoms with Gasteiger partial charge in [-0.15, -0.1) is 0 Å². The largest absolute Gasteiger partial charge is 0.490 e. The number of hydrogen-bond donors (Lipinski definition) is 2. The van der Waals surface area contributed by atoms with Crippen molar-refractivity contribution in [2.24, 2.45) is 5.73 Å². The van der Waals surface area contributed by atoms with Crippen molar-refractivity contribution < 1.29 is 4.74 Å². The van der Waals surface area contributed by atoms with Gasteiger partial charge in [0.25, 0.3) is 0 Å². The predicted molar refractivity (Wildman–Crippen MR) is 140 cm³/mol. The minimum atomic E-state index is -0.105. The molecule has 2 fully saturated rings. The van der Waals surface area contributed by atoms with Crippen molar-refractivity contribution >= 4 is 17.2 Å². The summed E-state index contributed by atoms with van der Waals surface area (Å²) < 4.78 is 6.23. The molecule has 0 amide bonds. The minimum Gasteiger partial charge on any atom is -0.490 e. The van der Waals surface area contributed by atoms with Crippen LogP contribution in [0.5, 0.6) is 5.75 Å². The van der Waals surface area contributed by atoms with Crippen LogP contribution in [0.15, 0.2) is 67.5 Å². The van der Waals surface area contributed by atoms with Gasteiger partial charge in [-0.25, -0.2) is 0 Å². The lowest BCUT2D eigenvalue weighted by Crippen LogP contribution is -2.29. The smallest absolute Gasteiger partial charge is 0.127 e. The summed E-state index contributed by atoms with van der Waals surface area (Å²) in [6, 6.07) is 16.6. The molecule has 0 atom stereocenters. The number of para-hydroxylation sites is 1. The van der Waals surface area contributed by atoms with Crippen LogP contribution in [0.4, 0.5) is 0 Å². The summed E-state index contributed by atoms with van der Waals surface area (Å²) in [4.78, 5) is 4.49. The Morgan fingerprint density at radius 3 is 2.74 bits per heavy atom. The Morgan fingerprint density at radius 1 is 1.15 bits per heavy atom. The summed E-state index contributed by atoms with van der Waals surface area (Å²) in [5.74, 6) is 0.958. The van der Waals surface area contributed by atoms with E-state index in [1.54, 1.807) is 0 Å². The van der Waals surface area contributed by atoms with Crippen molar-refractivity contribution in [1.82, 2.24) is 10.3 Å². The molecule has 4 nitrogen and oxygen atoms in total. The van der Waals surface area contributed by atoms with Crippen LogP contribution in [0.3, 0.4) is 0 Å². The number of hydrogen-bond acceptors (Lipinski definition) is 4. The van der Waals surface area contributed by atoms with Gasteiger partial charge >= 0.3 is 0 Å². The van der Waals surface area contributed by atoms with E-state index < -0.39 is 0 Å². The number of halogens is 1. The number of rotatable bonds is 11. The van der Waals surface area contributed by atoms with E-state index in [0.29, 0.717) is 19.2 Å². The highest BCUT2D eigenvalue weighted by Gasteiger charge is 2.45.